The lowest BCUT2D eigenvalue weighted by Gasteiger charge is -2.29. The number of hydrogen-bond acceptors (Lipinski definition) is 8. The van der Waals surface area contributed by atoms with E-state index in [4.69, 9.17) is 9.47 Å². The molecule has 1 aliphatic heterocycles. The van der Waals surface area contributed by atoms with Gasteiger partial charge in [0.05, 0.1) is 19.9 Å². The van der Waals surface area contributed by atoms with Crippen molar-refractivity contribution in [1.82, 2.24) is 25.2 Å². The number of fused-ring (bicyclic) bond motifs is 1. The van der Waals surface area contributed by atoms with Gasteiger partial charge in [0, 0.05) is 61.6 Å². The number of nitrogens with zero attached hydrogens (tertiary/aromatic N) is 4. The van der Waals surface area contributed by atoms with Crippen molar-refractivity contribution >= 4 is 17.5 Å². The number of amides is 1. The second-order valence-corrected chi connectivity index (χ2v) is 9.42. The fourth-order valence-corrected chi connectivity index (χ4v) is 4.67. The minimum absolute atomic E-state index is 0.119. The van der Waals surface area contributed by atoms with Crippen molar-refractivity contribution in [2.45, 2.75) is 19.9 Å². The maximum Gasteiger partial charge on any atom is 0.251 e. The van der Waals surface area contributed by atoms with Crippen molar-refractivity contribution in [3.05, 3.63) is 89.4 Å². The molecule has 200 valence electrons. The molecule has 2 N–H and O–H groups in total. The summed E-state index contributed by atoms with van der Waals surface area (Å²) < 4.78 is 10.9. The van der Waals surface area contributed by atoms with Crippen molar-refractivity contribution in [1.29, 1.82) is 0 Å². The number of carbonyl (C=O) groups excluding carboxylic acids is 1. The monoisotopic (exact) mass is 524 g/mol. The fourth-order valence-electron chi connectivity index (χ4n) is 4.67. The Kier molecular flexibility index (Phi) is 7.98. The van der Waals surface area contributed by atoms with Crippen molar-refractivity contribution in [3.63, 3.8) is 0 Å². The van der Waals surface area contributed by atoms with E-state index in [0.717, 1.165) is 60.1 Å². The van der Waals surface area contributed by atoms with Gasteiger partial charge in [0.25, 0.3) is 5.91 Å². The van der Waals surface area contributed by atoms with E-state index < -0.39 is 0 Å². The van der Waals surface area contributed by atoms with Crippen molar-refractivity contribution in [2.75, 3.05) is 39.2 Å². The quantitative estimate of drug-likeness (QED) is 0.332. The largest absolute Gasteiger partial charge is 0.493 e. The standard InChI is InChI=1S/C30H32N6O3/c1-20-6-7-22(15-26(20)35-30-33-11-8-25(34-30)23-5-4-10-31-18-23)29(37)32-12-14-36-13-9-21-16-27(38-2)28(39-3)17-24(21)19-36/h4-8,10-11,15-18H,9,12-14,19H2,1-3H3,(H,32,37)(H,33,34,35). The molecular formula is C30H32N6O3. The highest BCUT2D eigenvalue weighted by atomic mass is 16.5. The third-order valence-corrected chi connectivity index (χ3v) is 6.87. The van der Waals surface area contributed by atoms with Crippen LogP contribution in [0.4, 0.5) is 11.6 Å². The number of hydrogen-bond donors (Lipinski definition) is 2. The van der Waals surface area contributed by atoms with Gasteiger partial charge in [-0.15, -0.1) is 0 Å². The van der Waals surface area contributed by atoms with Crippen LogP contribution in [0.1, 0.15) is 27.0 Å². The van der Waals surface area contributed by atoms with E-state index in [0.29, 0.717) is 18.1 Å². The van der Waals surface area contributed by atoms with Crippen molar-refractivity contribution in [2.24, 2.45) is 0 Å². The molecule has 0 saturated carbocycles. The van der Waals surface area contributed by atoms with E-state index in [1.54, 1.807) is 32.8 Å². The Morgan fingerprint density at radius 3 is 2.62 bits per heavy atom. The topological polar surface area (TPSA) is 102 Å². The van der Waals surface area contributed by atoms with Gasteiger partial charge in [-0.25, -0.2) is 9.97 Å². The first-order valence-corrected chi connectivity index (χ1v) is 12.9. The average molecular weight is 525 g/mol. The van der Waals surface area contributed by atoms with Gasteiger partial charge in [-0.3, -0.25) is 14.7 Å². The van der Waals surface area contributed by atoms with Crippen LogP contribution in [0.3, 0.4) is 0 Å². The van der Waals surface area contributed by atoms with Gasteiger partial charge in [0.15, 0.2) is 11.5 Å². The number of aryl methyl sites for hydroxylation is 1. The second kappa shape index (κ2) is 11.9. The molecule has 0 unspecified atom stereocenters. The van der Waals surface area contributed by atoms with Crippen LogP contribution in [-0.4, -0.2) is 59.6 Å². The van der Waals surface area contributed by atoms with Crippen LogP contribution in [-0.2, 0) is 13.0 Å². The van der Waals surface area contributed by atoms with Gasteiger partial charge >= 0.3 is 0 Å². The third kappa shape index (κ3) is 6.15. The Hall–Kier alpha value is -4.50. The predicted octanol–water partition coefficient (Wildman–Crippen LogP) is 4.40. The fraction of sp³-hybridized carbons (Fsp3) is 0.267. The van der Waals surface area contributed by atoms with E-state index in [1.165, 1.54) is 11.1 Å². The maximum atomic E-state index is 13.0. The molecule has 1 aliphatic rings. The summed E-state index contributed by atoms with van der Waals surface area (Å²) in [5, 5.41) is 6.32. The molecule has 9 heteroatoms. The zero-order valence-electron chi connectivity index (χ0n) is 22.4. The summed E-state index contributed by atoms with van der Waals surface area (Å²) in [4.78, 5) is 28.4. The molecular weight excluding hydrogens is 492 g/mol. The normalized spacial score (nSPS) is 12.9. The van der Waals surface area contributed by atoms with Crippen LogP contribution < -0.4 is 20.1 Å². The summed E-state index contributed by atoms with van der Waals surface area (Å²) in [5.74, 6) is 1.84. The molecule has 0 aliphatic carbocycles. The van der Waals surface area contributed by atoms with Gasteiger partial charge in [0.2, 0.25) is 5.95 Å². The Bertz CT molecular complexity index is 1460. The highest BCUT2D eigenvalue weighted by Crippen LogP contribution is 2.33. The summed E-state index contributed by atoms with van der Waals surface area (Å²) >= 11 is 0. The third-order valence-electron chi connectivity index (χ3n) is 6.87. The van der Waals surface area contributed by atoms with Gasteiger partial charge < -0.3 is 20.1 Å². The van der Waals surface area contributed by atoms with Gasteiger partial charge in [-0.1, -0.05) is 6.07 Å². The number of benzene rings is 2. The Morgan fingerprint density at radius 2 is 1.85 bits per heavy atom. The number of carbonyl (C=O) groups is 1. The SMILES string of the molecule is COc1cc2c(cc1OC)CN(CCNC(=O)c1ccc(C)c(Nc3nccc(-c4cccnc4)n3)c1)CC2. The lowest BCUT2D eigenvalue weighted by molar-refractivity contribution is 0.0947. The number of anilines is 2. The van der Waals surface area contributed by atoms with E-state index in [-0.39, 0.29) is 5.91 Å². The highest BCUT2D eigenvalue weighted by molar-refractivity contribution is 5.95. The number of rotatable bonds is 9. The smallest absolute Gasteiger partial charge is 0.251 e. The van der Waals surface area contributed by atoms with Crippen LogP contribution in [0, 0.1) is 6.92 Å². The molecule has 0 fully saturated rings. The molecule has 0 spiro atoms. The summed E-state index contributed by atoms with van der Waals surface area (Å²) in [6.45, 7) is 5.02. The first-order valence-electron chi connectivity index (χ1n) is 12.9. The Balaban J connectivity index is 1.19. The lowest BCUT2D eigenvalue weighted by Crippen LogP contribution is -2.37. The van der Waals surface area contributed by atoms with Gasteiger partial charge in [-0.05, 0) is 72.5 Å². The molecule has 5 rings (SSSR count). The van der Waals surface area contributed by atoms with E-state index in [9.17, 15) is 4.79 Å². The molecule has 4 aromatic rings. The zero-order chi connectivity index (χ0) is 27.2. The maximum absolute atomic E-state index is 13.0. The molecule has 2 aromatic heterocycles. The molecule has 0 atom stereocenters. The van der Waals surface area contributed by atoms with E-state index in [1.807, 2.05) is 43.3 Å². The Morgan fingerprint density at radius 1 is 1.03 bits per heavy atom. The van der Waals surface area contributed by atoms with Crippen LogP contribution in [0.5, 0.6) is 11.5 Å². The van der Waals surface area contributed by atoms with Crippen LogP contribution in [0.25, 0.3) is 11.3 Å². The molecule has 1 amide bonds. The molecule has 0 bridgehead atoms. The molecule has 39 heavy (non-hydrogen) atoms. The first kappa shape index (κ1) is 26.1. The van der Waals surface area contributed by atoms with Gasteiger partial charge in [-0.2, -0.15) is 0 Å². The average Bonchev–Trinajstić information content (AvgIpc) is 2.98. The Labute approximate surface area is 228 Å². The summed E-state index contributed by atoms with van der Waals surface area (Å²) in [6, 6.07) is 15.4. The minimum Gasteiger partial charge on any atom is -0.493 e. The van der Waals surface area contributed by atoms with Crippen molar-refractivity contribution < 1.29 is 14.3 Å². The highest BCUT2D eigenvalue weighted by Gasteiger charge is 2.19. The molecule has 0 saturated heterocycles. The van der Waals surface area contributed by atoms with Crippen LogP contribution in [0.2, 0.25) is 0 Å². The number of ether oxygens (including phenoxy) is 2. The van der Waals surface area contributed by atoms with Crippen molar-refractivity contribution in [3.8, 4) is 22.8 Å². The number of pyridine rings is 1. The van der Waals surface area contributed by atoms with E-state index >= 15 is 0 Å². The minimum atomic E-state index is -0.119. The lowest BCUT2D eigenvalue weighted by atomic mass is 9.99. The van der Waals surface area contributed by atoms with E-state index in [2.05, 4.69) is 42.6 Å². The van der Waals surface area contributed by atoms with Crippen LogP contribution >= 0.6 is 0 Å². The number of nitrogens with one attached hydrogen (secondary N) is 2. The molecule has 9 nitrogen and oxygen atoms in total. The summed E-state index contributed by atoms with van der Waals surface area (Å²) in [5.41, 5.74) is 6.53. The molecule has 2 aromatic carbocycles. The zero-order valence-corrected chi connectivity index (χ0v) is 22.4. The van der Waals surface area contributed by atoms with Gasteiger partial charge in [0.1, 0.15) is 0 Å². The number of methoxy groups -OCH3 is 2. The number of aromatic nitrogens is 3. The predicted molar refractivity (Wildman–Crippen MR) is 151 cm³/mol. The molecule has 3 heterocycles. The molecule has 0 radical (unpaired) electrons. The second-order valence-electron chi connectivity index (χ2n) is 9.42. The van der Waals surface area contributed by atoms with Crippen LogP contribution in [0.15, 0.2) is 67.1 Å². The first-order chi connectivity index (χ1) is 19.0. The summed E-state index contributed by atoms with van der Waals surface area (Å²) in [7, 11) is 3.31. The summed E-state index contributed by atoms with van der Waals surface area (Å²) in [6.07, 6.45) is 6.12.